The van der Waals surface area contributed by atoms with Gasteiger partial charge in [0.2, 0.25) is 0 Å². The maximum atomic E-state index is 7.94. The van der Waals surface area contributed by atoms with Crippen molar-refractivity contribution in [2.45, 2.75) is 25.3 Å². The Morgan fingerprint density at radius 3 is 2.69 bits per heavy atom. The minimum absolute atomic E-state index is 0.672. The van der Waals surface area contributed by atoms with Gasteiger partial charge in [-0.2, -0.15) is 0 Å². The molecule has 1 aromatic heterocycles. The molecule has 3 heteroatoms. The summed E-state index contributed by atoms with van der Waals surface area (Å²) in [4.78, 5) is 0.672. The topological polar surface area (TPSA) is 28.8 Å². The van der Waals surface area contributed by atoms with Crippen LogP contribution in [0.4, 0.5) is 0 Å². The maximum Gasteiger partial charge on any atom is 0.182 e. The highest BCUT2D eigenvalue weighted by Crippen LogP contribution is 2.40. The van der Waals surface area contributed by atoms with Gasteiger partial charge in [0.1, 0.15) is 0 Å². The van der Waals surface area contributed by atoms with Crippen molar-refractivity contribution in [3.8, 4) is 0 Å². The van der Waals surface area contributed by atoms with E-state index < -0.39 is 0 Å². The van der Waals surface area contributed by atoms with Crippen LogP contribution in [0.2, 0.25) is 0 Å². The molecule has 0 amide bonds. The molecule has 2 nitrogen and oxygen atoms in total. The van der Waals surface area contributed by atoms with Crippen LogP contribution in [0.5, 0.6) is 0 Å². The lowest BCUT2D eigenvalue weighted by Gasteiger charge is -2.07. The SMILES string of the molecule is N=c1scc(C2CC2)n1Cc1ccccc1. The molecule has 0 atom stereocenters. The number of hydrogen-bond donors (Lipinski definition) is 1. The summed E-state index contributed by atoms with van der Waals surface area (Å²) in [6.45, 7) is 0.842. The Morgan fingerprint density at radius 1 is 1.25 bits per heavy atom. The second-order valence-corrected chi connectivity index (χ2v) is 5.17. The average Bonchev–Trinajstić information content (AvgIpc) is 3.08. The molecule has 1 aliphatic rings. The summed E-state index contributed by atoms with van der Waals surface area (Å²) in [5.41, 5.74) is 2.64. The minimum Gasteiger partial charge on any atom is -0.317 e. The highest BCUT2D eigenvalue weighted by Gasteiger charge is 2.27. The third kappa shape index (κ3) is 1.83. The molecule has 3 rings (SSSR count). The first-order valence-corrected chi connectivity index (χ1v) is 6.49. The summed E-state index contributed by atoms with van der Waals surface area (Å²) in [7, 11) is 0. The third-order valence-electron chi connectivity index (χ3n) is 3.03. The van der Waals surface area contributed by atoms with E-state index in [4.69, 9.17) is 5.41 Å². The molecule has 1 aromatic carbocycles. The summed E-state index contributed by atoms with van der Waals surface area (Å²) in [5, 5.41) is 10.1. The Morgan fingerprint density at radius 2 is 2.00 bits per heavy atom. The molecule has 0 aliphatic heterocycles. The van der Waals surface area contributed by atoms with E-state index in [9.17, 15) is 0 Å². The zero-order valence-electron chi connectivity index (χ0n) is 9.02. The lowest BCUT2D eigenvalue weighted by molar-refractivity contribution is 0.708. The smallest absolute Gasteiger partial charge is 0.182 e. The fourth-order valence-electron chi connectivity index (χ4n) is 1.99. The Labute approximate surface area is 98.7 Å². The summed E-state index contributed by atoms with van der Waals surface area (Å²) in [6, 6.07) is 10.4. The van der Waals surface area contributed by atoms with E-state index in [0.717, 1.165) is 12.5 Å². The van der Waals surface area contributed by atoms with Crippen LogP contribution in [0.15, 0.2) is 35.7 Å². The van der Waals surface area contributed by atoms with Crippen molar-refractivity contribution in [3.63, 3.8) is 0 Å². The fourth-order valence-corrected chi connectivity index (χ4v) is 2.83. The highest BCUT2D eigenvalue weighted by molar-refractivity contribution is 7.07. The van der Waals surface area contributed by atoms with Gasteiger partial charge in [0.15, 0.2) is 4.80 Å². The summed E-state index contributed by atoms with van der Waals surface area (Å²) < 4.78 is 2.15. The lowest BCUT2D eigenvalue weighted by atomic mass is 10.2. The van der Waals surface area contributed by atoms with Gasteiger partial charge in [-0.3, -0.25) is 5.41 Å². The molecule has 1 fully saturated rings. The predicted molar refractivity (Wildman–Crippen MR) is 65.7 cm³/mol. The molecule has 1 aliphatic carbocycles. The lowest BCUT2D eigenvalue weighted by Crippen LogP contribution is -2.16. The monoisotopic (exact) mass is 230 g/mol. The van der Waals surface area contributed by atoms with E-state index >= 15 is 0 Å². The van der Waals surface area contributed by atoms with Crippen LogP contribution in [-0.4, -0.2) is 4.57 Å². The van der Waals surface area contributed by atoms with Gasteiger partial charge in [-0.25, -0.2) is 0 Å². The van der Waals surface area contributed by atoms with Crippen molar-refractivity contribution < 1.29 is 0 Å². The molecule has 0 bridgehead atoms. The van der Waals surface area contributed by atoms with Crippen LogP contribution in [0.25, 0.3) is 0 Å². The van der Waals surface area contributed by atoms with Crippen molar-refractivity contribution in [1.82, 2.24) is 4.57 Å². The first-order chi connectivity index (χ1) is 7.84. The van der Waals surface area contributed by atoms with Crippen molar-refractivity contribution in [1.29, 1.82) is 5.41 Å². The van der Waals surface area contributed by atoms with Gasteiger partial charge in [0, 0.05) is 17.0 Å². The first kappa shape index (κ1) is 9.85. The van der Waals surface area contributed by atoms with Gasteiger partial charge in [-0.15, -0.1) is 11.3 Å². The van der Waals surface area contributed by atoms with Crippen molar-refractivity contribution >= 4 is 11.3 Å². The van der Waals surface area contributed by atoms with Gasteiger partial charge in [-0.05, 0) is 18.4 Å². The third-order valence-corrected chi connectivity index (χ3v) is 3.83. The van der Waals surface area contributed by atoms with Crippen LogP contribution in [0.3, 0.4) is 0 Å². The van der Waals surface area contributed by atoms with Gasteiger partial charge < -0.3 is 4.57 Å². The molecular formula is C13H14N2S. The van der Waals surface area contributed by atoms with Gasteiger partial charge in [0.25, 0.3) is 0 Å². The maximum absolute atomic E-state index is 7.94. The van der Waals surface area contributed by atoms with Crippen molar-refractivity contribution in [2.75, 3.05) is 0 Å². The number of thiazole rings is 1. The molecule has 0 saturated heterocycles. The molecule has 82 valence electrons. The number of benzene rings is 1. The van der Waals surface area contributed by atoms with Crippen LogP contribution in [-0.2, 0) is 6.54 Å². The Hall–Kier alpha value is -1.35. The van der Waals surface area contributed by atoms with E-state index in [2.05, 4.69) is 34.2 Å². The van der Waals surface area contributed by atoms with Crippen LogP contribution >= 0.6 is 11.3 Å². The predicted octanol–water partition coefficient (Wildman–Crippen LogP) is 2.95. The summed E-state index contributed by atoms with van der Waals surface area (Å²) in [5.74, 6) is 0.721. The average molecular weight is 230 g/mol. The molecule has 0 spiro atoms. The summed E-state index contributed by atoms with van der Waals surface area (Å²) in [6.07, 6.45) is 2.59. The minimum atomic E-state index is 0.672. The van der Waals surface area contributed by atoms with Gasteiger partial charge in [0.05, 0.1) is 6.54 Å². The second kappa shape index (κ2) is 3.91. The van der Waals surface area contributed by atoms with Gasteiger partial charge in [-0.1, -0.05) is 30.3 Å². The zero-order valence-corrected chi connectivity index (χ0v) is 9.83. The molecule has 1 N–H and O–H groups in total. The van der Waals surface area contributed by atoms with Crippen LogP contribution in [0, 0.1) is 5.41 Å². The van der Waals surface area contributed by atoms with E-state index in [1.54, 1.807) is 11.3 Å². The van der Waals surface area contributed by atoms with Crippen LogP contribution < -0.4 is 4.80 Å². The molecule has 2 aromatic rings. The molecule has 1 heterocycles. The van der Waals surface area contributed by atoms with Gasteiger partial charge >= 0.3 is 0 Å². The highest BCUT2D eigenvalue weighted by atomic mass is 32.1. The number of rotatable bonds is 3. The Bertz CT molecular complexity index is 535. The number of hydrogen-bond acceptors (Lipinski definition) is 2. The number of nitrogens with one attached hydrogen (secondary N) is 1. The molecule has 1 saturated carbocycles. The number of nitrogens with zero attached hydrogens (tertiary/aromatic N) is 1. The molecular weight excluding hydrogens is 216 g/mol. The van der Waals surface area contributed by atoms with E-state index in [0.29, 0.717) is 4.80 Å². The quantitative estimate of drug-likeness (QED) is 0.840. The zero-order chi connectivity index (χ0) is 11.0. The number of aromatic nitrogens is 1. The van der Waals surface area contributed by atoms with Crippen molar-refractivity contribution in [3.05, 3.63) is 51.8 Å². The standard InChI is InChI=1S/C13H14N2S/c14-13-15(8-10-4-2-1-3-5-10)12(9-16-13)11-6-7-11/h1-5,9,11,14H,6-8H2. The van der Waals surface area contributed by atoms with E-state index in [-0.39, 0.29) is 0 Å². The second-order valence-electron chi connectivity index (χ2n) is 4.31. The summed E-state index contributed by atoms with van der Waals surface area (Å²) >= 11 is 1.55. The fraction of sp³-hybridized carbons (Fsp3) is 0.308. The Balaban J connectivity index is 1.94. The largest absolute Gasteiger partial charge is 0.317 e. The molecule has 0 unspecified atom stereocenters. The van der Waals surface area contributed by atoms with E-state index in [1.807, 2.05) is 6.07 Å². The first-order valence-electron chi connectivity index (χ1n) is 5.61. The normalized spacial score (nSPS) is 15.2. The molecule has 0 radical (unpaired) electrons. The molecule has 16 heavy (non-hydrogen) atoms. The van der Waals surface area contributed by atoms with E-state index in [1.165, 1.54) is 24.1 Å². The van der Waals surface area contributed by atoms with Crippen molar-refractivity contribution in [2.24, 2.45) is 0 Å². The Kier molecular flexibility index (Phi) is 2.40. The van der Waals surface area contributed by atoms with Crippen LogP contribution in [0.1, 0.15) is 30.0 Å².